The molecule has 0 aliphatic carbocycles. The quantitative estimate of drug-likeness (QED) is 0.785. The van der Waals surface area contributed by atoms with Gasteiger partial charge >= 0.3 is 0 Å². The van der Waals surface area contributed by atoms with Crippen LogP contribution < -0.4 is 4.90 Å². The van der Waals surface area contributed by atoms with E-state index < -0.39 is 0 Å². The van der Waals surface area contributed by atoms with Crippen molar-refractivity contribution in [2.75, 3.05) is 18.0 Å². The van der Waals surface area contributed by atoms with Gasteiger partial charge in [-0.1, -0.05) is 18.2 Å². The van der Waals surface area contributed by atoms with Gasteiger partial charge in [0.2, 0.25) is 0 Å². The molecule has 1 aliphatic rings. The summed E-state index contributed by atoms with van der Waals surface area (Å²) in [6.07, 6.45) is 6.44. The monoisotopic (exact) mass is 253 g/mol. The summed E-state index contributed by atoms with van der Waals surface area (Å²) in [5.74, 6) is 1.97. The fraction of sp³-hybridized carbons (Fsp3) is 0.375. The number of benzene rings is 1. The maximum Gasteiger partial charge on any atom is 0.140 e. The maximum absolute atomic E-state index is 4.76. The van der Waals surface area contributed by atoms with Crippen LogP contribution in [0.15, 0.2) is 36.9 Å². The topological polar surface area (TPSA) is 29.0 Å². The minimum atomic E-state index is 0.728. The normalized spacial score (nSPS) is 15.7. The van der Waals surface area contributed by atoms with Crippen molar-refractivity contribution in [3.05, 3.63) is 42.7 Å². The van der Waals surface area contributed by atoms with E-state index in [1.165, 1.54) is 19.3 Å². The number of hydrogen-bond donors (Lipinski definition) is 0. The van der Waals surface area contributed by atoms with Gasteiger partial charge in [-0.15, -0.1) is 6.58 Å². The van der Waals surface area contributed by atoms with Crippen LogP contribution >= 0.6 is 0 Å². The number of fused-ring (bicyclic) bond motifs is 1. The van der Waals surface area contributed by atoms with Crippen molar-refractivity contribution in [3.8, 4) is 0 Å². The average molecular weight is 253 g/mol. The number of allylic oxidation sites excluding steroid dienone is 1. The van der Waals surface area contributed by atoms with Gasteiger partial charge in [0.1, 0.15) is 11.6 Å². The minimum Gasteiger partial charge on any atom is -0.356 e. The second kappa shape index (κ2) is 5.39. The molecule has 19 heavy (non-hydrogen) atoms. The van der Waals surface area contributed by atoms with E-state index in [-0.39, 0.29) is 0 Å². The third-order valence-corrected chi connectivity index (χ3v) is 3.61. The van der Waals surface area contributed by atoms with Gasteiger partial charge in [0.25, 0.3) is 0 Å². The molecule has 0 unspecified atom stereocenters. The Morgan fingerprint density at radius 2 is 1.89 bits per heavy atom. The highest BCUT2D eigenvalue weighted by molar-refractivity contribution is 5.89. The van der Waals surface area contributed by atoms with E-state index in [1.54, 1.807) is 0 Å². The van der Waals surface area contributed by atoms with Crippen LogP contribution in [0.2, 0.25) is 0 Å². The molecule has 0 N–H and O–H groups in total. The van der Waals surface area contributed by atoms with Gasteiger partial charge in [0, 0.05) is 24.9 Å². The van der Waals surface area contributed by atoms with Gasteiger partial charge in [-0.05, 0) is 31.4 Å². The van der Waals surface area contributed by atoms with Crippen molar-refractivity contribution in [1.29, 1.82) is 0 Å². The summed E-state index contributed by atoms with van der Waals surface area (Å²) < 4.78 is 0. The first kappa shape index (κ1) is 12.2. The molecule has 1 aromatic heterocycles. The molecule has 98 valence electrons. The number of para-hydroxylation sites is 1. The van der Waals surface area contributed by atoms with Crippen molar-refractivity contribution in [1.82, 2.24) is 9.97 Å². The van der Waals surface area contributed by atoms with Crippen LogP contribution in [0.5, 0.6) is 0 Å². The average Bonchev–Trinajstić information content (AvgIpc) is 2.48. The lowest BCUT2D eigenvalue weighted by Crippen LogP contribution is -2.30. The standard InChI is InChI=1S/C16H19N3/c1-2-8-15-17-14-10-5-4-9-13(14)16(18-15)19-11-6-3-7-12-19/h2,4-5,9-10H,1,3,6-8,11-12H2. The van der Waals surface area contributed by atoms with Crippen LogP contribution in [0.3, 0.4) is 0 Å². The Kier molecular flexibility index (Phi) is 3.45. The molecule has 0 spiro atoms. The first-order chi connectivity index (χ1) is 9.38. The molecule has 0 radical (unpaired) electrons. The number of piperidine rings is 1. The number of nitrogens with zero attached hydrogens (tertiary/aromatic N) is 3. The SMILES string of the molecule is C=CCc1nc(N2CCCCC2)c2ccccc2n1. The number of hydrogen-bond acceptors (Lipinski definition) is 3. The molecule has 1 aliphatic heterocycles. The smallest absolute Gasteiger partial charge is 0.140 e. The van der Waals surface area contributed by atoms with Gasteiger partial charge in [-0.25, -0.2) is 9.97 Å². The Labute approximate surface area is 114 Å². The second-order valence-electron chi connectivity index (χ2n) is 5.02. The highest BCUT2D eigenvalue weighted by atomic mass is 15.2. The molecule has 0 atom stereocenters. The van der Waals surface area contributed by atoms with E-state index in [9.17, 15) is 0 Å². The Morgan fingerprint density at radius 1 is 1.11 bits per heavy atom. The molecule has 1 saturated heterocycles. The summed E-state index contributed by atoms with van der Waals surface area (Å²) in [5.41, 5.74) is 1.04. The lowest BCUT2D eigenvalue weighted by molar-refractivity contribution is 0.574. The second-order valence-corrected chi connectivity index (χ2v) is 5.02. The number of rotatable bonds is 3. The summed E-state index contributed by atoms with van der Waals surface area (Å²) in [6, 6.07) is 8.29. The van der Waals surface area contributed by atoms with E-state index in [0.717, 1.165) is 42.1 Å². The molecule has 2 heterocycles. The van der Waals surface area contributed by atoms with Crippen molar-refractivity contribution in [2.45, 2.75) is 25.7 Å². The molecule has 3 rings (SSSR count). The Hall–Kier alpha value is -1.90. The zero-order valence-electron chi connectivity index (χ0n) is 11.2. The van der Waals surface area contributed by atoms with Crippen LogP contribution in [0.25, 0.3) is 10.9 Å². The fourth-order valence-electron chi connectivity index (χ4n) is 2.67. The van der Waals surface area contributed by atoms with Gasteiger partial charge in [-0.3, -0.25) is 0 Å². The fourth-order valence-corrected chi connectivity index (χ4v) is 2.67. The van der Waals surface area contributed by atoms with Crippen LogP contribution in [0, 0.1) is 0 Å². The van der Waals surface area contributed by atoms with Gasteiger partial charge < -0.3 is 4.90 Å². The van der Waals surface area contributed by atoms with E-state index in [2.05, 4.69) is 34.7 Å². The van der Waals surface area contributed by atoms with Crippen molar-refractivity contribution >= 4 is 16.7 Å². The van der Waals surface area contributed by atoms with Crippen molar-refractivity contribution in [3.63, 3.8) is 0 Å². The molecule has 1 fully saturated rings. The van der Waals surface area contributed by atoms with Gasteiger partial charge in [-0.2, -0.15) is 0 Å². The molecular weight excluding hydrogens is 234 g/mol. The van der Waals surface area contributed by atoms with Crippen molar-refractivity contribution < 1.29 is 0 Å². The minimum absolute atomic E-state index is 0.728. The third-order valence-electron chi connectivity index (χ3n) is 3.61. The van der Waals surface area contributed by atoms with Crippen LogP contribution in [-0.4, -0.2) is 23.1 Å². The summed E-state index contributed by atoms with van der Waals surface area (Å²) in [7, 11) is 0. The summed E-state index contributed by atoms with van der Waals surface area (Å²) in [5, 5.41) is 1.16. The van der Waals surface area contributed by atoms with E-state index in [1.807, 2.05) is 12.1 Å². The molecule has 0 amide bonds. The molecular formula is C16H19N3. The summed E-state index contributed by atoms with van der Waals surface area (Å²) in [6.45, 7) is 6.00. The Bertz CT molecular complexity index is 586. The maximum atomic E-state index is 4.76. The van der Waals surface area contributed by atoms with Crippen LogP contribution in [0.1, 0.15) is 25.1 Å². The Balaban J connectivity index is 2.10. The first-order valence-electron chi connectivity index (χ1n) is 7.00. The highest BCUT2D eigenvalue weighted by Gasteiger charge is 2.16. The first-order valence-corrected chi connectivity index (χ1v) is 7.00. The van der Waals surface area contributed by atoms with Crippen LogP contribution in [-0.2, 0) is 6.42 Å². The third kappa shape index (κ3) is 2.46. The number of anilines is 1. The summed E-state index contributed by atoms with van der Waals surface area (Å²) in [4.78, 5) is 11.8. The van der Waals surface area contributed by atoms with E-state index in [0.29, 0.717) is 0 Å². The molecule has 2 aromatic rings. The molecule has 0 saturated carbocycles. The Morgan fingerprint density at radius 3 is 2.68 bits per heavy atom. The predicted molar refractivity (Wildman–Crippen MR) is 79.5 cm³/mol. The molecule has 3 nitrogen and oxygen atoms in total. The molecule has 3 heteroatoms. The predicted octanol–water partition coefficient (Wildman–Crippen LogP) is 3.35. The highest BCUT2D eigenvalue weighted by Crippen LogP contribution is 2.26. The van der Waals surface area contributed by atoms with Gasteiger partial charge in [0.15, 0.2) is 0 Å². The van der Waals surface area contributed by atoms with Crippen molar-refractivity contribution in [2.24, 2.45) is 0 Å². The summed E-state index contributed by atoms with van der Waals surface area (Å²) >= 11 is 0. The lowest BCUT2D eigenvalue weighted by Gasteiger charge is -2.28. The van der Waals surface area contributed by atoms with Crippen LogP contribution in [0.4, 0.5) is 5.82 Å². The largest absolute Gasteiger partial charge is 0.356 e. The molecule has 0 bridgehead atoms. The zero-order valence-corrected chi connectivity index (χ0v) is 11.2. The van der Waals surface area contributed by atoms with E-state index in [4.69, 9.17) is 4.98 Å². The number of aromatic nitrogens is 2. The van der Waals surface area contributed by atoms with E-state index >= 15 is 0 Å². The van der Waals surface area contributed by atoms with Gasteiger partial charge in [0.05, 0.1) is 5.52 Å². The lowest BCUT2D eigenvalue weighted by atomic mass is 10.1. The molecule has 1 aromatic carbocycles. The zero-order chi connectivity index (χ0) is 13.1.